The Morgan fingerprint density at radius 3 is 2.44 bits per heavy atom. The average Bonchev–Trinajstić information content (AvgIpc) is 2.62. The van der Waals surface area contributed by atoms with Gasteiger partial charge in [0.15, 0.2) is 0 Å². The number of anilines is 1. The van der Waals surface area contributed by atoms with Gasteiger partial charge in [-0.2, -0.15) is 0 Å². The largest absolute Gasteiger partial charge is 0.496 e. The fourth-order valence-corrected chi connectivity index (χ4v) is 2.83. The van der Waals surface area contributed by atoms with E-state index in [4.69, 9.17) is 25.8 Å². The number of amides is 2. The number of nitrogens with zero attached hydrogens (tertiary/aromatic N) is 3. The summed E-state index contributed by atoms with van der Waals surface area (Å²) in [4.78, 5) is 22.0. The molecule has 2 heterocycles. The van der Waals surface area contributed by atoms with Crippen molar-refractivity contribution >= 4 is 23.4 Å². The first-order valence-corrected chi connectivity index (χ1v) is 7.79. The maximum Gasteiger partial charge on any atom is 0.323 e. The topological polar surface area (TPSA) is 85.8 Å². The predicted molar refractivity (Wildman–Crippen MR) is 91.4 cm³/mol. The van der Waals surface area contributed by atoms with Crippen molar-refractivity contribution in [3.63, 3.8) is 0 Å². The van der Waals surface area contributed by atoms with E-state index in [1.165, 1.54) is 6.33 Å². The van der Waals surface area contributed by atoms with E-state index in [0.29, 0.717) is 33.8 Å². The minimum absolute atomic E-state index is 0.257. The van der Waals surface area contributed by atoms with Crippen LogP contribution in [0.3, 0.4) is 0 Å². The van der Waals surface area contributed by atoms with E-state index in [9.17, 15) is 4.79 Å². The Bertz CT molecular complexity index is 790. The van der Waals surface area contributed by atoms with Crippen molar-refractivity contribution in [2.24, 2.45) is 0 Å². The van der Waals surface area contributed by atoms with Crippen molar-refractivity contribution < 1.29 is 19.0 Å². The molecule has 0 atom stereocenters. The highest BCUT2D eigenvalue weighted by Crippen LogP contribution is 2.36. The minimum Gasteiger partial charge on any atom is -0.496 e. The summed E-state index contributed by atoms with van der Waals surface area (Å²) in [6.45, 7) is 0.534. The van der Waals surface area contributed by atoms with Crippen LogP contribution in [0.5, 0.6) is 17.2 Å². The standard InChI is InChI=1S/C16H17ClN4O4/c1-23-9-4-12(24-2)10(13(5-9)25-3)6-21-7-11-14(17)18-8-19-15(11)20-16(21)22/h4-5,8H,6-7H2,1-3H3,(H,18,19,20,22). The van der Waals surface area contributed by atoms with E-state index in [0.717, 1.165) is 5.56 Å². The zero-order valence-corrected chi connectivity index (χ0v) is 14.8. The third kappa shape index (κ3) is 3.25. The predicted octanol–water partition coefficient (Wildman–Crippen LogP) is 2.70. The van der Waals surface area contributed by atoms with Crippen molar-refractivity contribution in [3.8, 4) is 17.2 Å². The number of rotatable bonds is 5. The van der Waals surface area contributed by atoms with Crippen molar-refractivity contribution in [2.75, 3.05) is 26.6 Å². The van der Waals surface area contributed by atoms with Gasteiger partial charge in [-0.25, -0.2) is 14.8 Å². The van der Waals surface area contributed by atoms with Crippen LogP contribution in [0.1, 0.15) is 11.1 Å². The highest BCUT2D eigenvalue weighted by Gasteiger charge is 2.28. The number of carbonyl (C=O) groups excluding carboxylic acids is 1. The van der Waals surface area contributed by atoms with Crippen LogP contribution in [0.25, 0.3) is 0 Å². The van der Waals surface area contributed by atoms with E-state index < -0.39 is 0 Å². The minimum atomic E-state index is -0.290. The number of halogens is 1. The van der Waals surface area contributed by atoms with Crippen LogP contribution in [0, 0.1) is 0 Å². The van der Waals surface area contributed by atoms with Gasteiger partial charge in [0, 0.05) is 12.1 Å². The normalized spacial score (nSPS) is 13.1. The van der Waals surface area contributed by atoms with Gasteiger partial charge in [-0.3, -0.25) is 5.32 Å². The highest BCUT2D eigenvalue weighted by atomic mass is 35.5. The molecule has 3 rings (SSSR count). The second kappa shape index (κ2) is 7.02. The molecule has 1 N–H and O–H groups in total. The van der Waals surface area contributed by atoms with Crippen LogP contribution in [0.4, 0.5) is 10.6 Å². The van der Waals surface area contributed by atoms with E-state index >= 15 is 0 Å². The van der Waals surface area contributed by atoms with Crippen LogP contribution in [0.15, 0.2) is 18.5 Å². The molecular weight excluding hydrogens is 348 g/mol. The molecule has 2 amide bonds. The number of hydrogen-bond acceptors (Lipinski definition) is 6. The zero-order chi connectivity index (χ0) is 18.0. The zero-order valence-electron chi connectivity index (χ0n) is 14.0. The van der Waals surface area contributed by atoms with Gasteiger partial charge in [-0.15, -0.1) is 0 Å². The molecule has 25 heavy (non-hydrogen) atoms. The van der Waals surface area contributed by atoms with Crippen LogP contribution in [-0.4, -0.2) is 42.2 Å². The summed E-state index contributed by atoms with van der Waals surface area (Å²) < 4.78 is 16.1. The van der Waals surface area contributed by atoms with Crippen molar-refractivity contribution in [2.45, 2.75) is 13.1 Å². The molecule has 0 radical (unpaired) electrons. The van der Waals surface area contributed by atoms with E-state index in [-0.39, 0.29) is 19.1 Å². The molecule has 0 bridgehead atoms. The molecule has 0 spiro atoms. The van der Waals surface area contributed by atoms with Crippen molar-refractivity contribution in [1.82, 2.24) is 14.9 Å². The third-order valence-electron chi connectivity index (χ3n) is 3.92. The lowest BCUT2D eigenvalue weighted by molar-refractivity contribution is 0.202. The quantitative estimate of drug-likeness (QED) is 0.821. The van der Waals surface area contributed by atoms with E-state index in [1.807, 2.05) is 0 Å². The van der Waals surface area contributed by atoms with Gasteiger partial charge < -0.3 is 19.1 Å². The molecule has 132 valence electrons. The molecule has 1 aromatic carbocycles. The van der Waals surface area contributed by atoms with Crippen molar-refractivity contribution in [3.05, 3.63) is 34.7 Å². The number of benzene rings is 1. The lowest BCUT2D eigenvalue weighted by Crippen LogP contribution is -2.39. The number of carbonyl (C=O) groups is 1. The lowest BCUT2D eigenvalue weighted by atomic mass is 10.1. The number of hydrogen-bond donors (Lipinski definition) is 1. The Hall–Kier alpha value is -2.74. The molecule has 8 nitrogen and oxygen atoms in total. The van der Waals surface area contributed by atoms with Crippen LogP contribution in [0.2, 0.25) is 5.15 Å². The summed E-state index contributed by atoms with van der Waals surface area (Å²) in [5.41, 5.74) is 1.38. The molecule has 1 aromatic heterocycles. The maximum absolute atomic E-state index is 12.4. The first kappa shape index (κ1) is 17.1. The van der Waals surface area contributed by atoms with Gasteiger partial charge in [-0.1, -0.05) is 11.6 Å². The Balaban J connectivity index is 1.95. The van der Waals surface area contributed by atoms with Gasteiger partial charge in [0.2, 0.25) is 0 Å². The fraction of sp³-hybridized carbons (Fsp3) is 0.312. The molecule has 0 saturated heterocycles. The summed E-state index contributed by atoms with van der Waals surface area (Å²) in [5.74, 6) is 2.15. The molecule has 0 aliphatic carbocycles. The van der Waals surface area contributed by atoms with Gasteiger partial charge in [-0.05, 0) is 0 Å². The van der Waals surface area contributed by atoms with E-state index in [2.05, 4.69) is 15.3 Å². The third-order valence-corrected chi connectivity index (χ3v) is 4.25. The van der Waals surface area contributed by atoms with Crippen LogP contribution < -0.4 is 19.5 Å². The number of fused-ring (bicyclic) bond motifs is 1. The monoisotopic (exact) mass is 364 g/mol. The Labute approximate surface area is 149 Å². The first-order chi connectivity index (χ1) is 12.1. The number of ether oxygens (including phenoxy) is 3. The number of aromatic nitrogens is 2. The number of nitrogens with one attached hydrogen (secondary N) is 1. The molecular formula is C16H17ClN4O4. The lowest BCUT2D eigenvalue weighted by Gasteiger charge is -2.29. The Morgan fingerprint density at radius 1 is 1.16 bits per heavy atom. The molecule has 1 aliphatic heterocycles. The fourth-order valence-electron chi connectivity index (χ4n) is 2.63. The molecule has 0 unspecified atom stereocenters. The smallest absolute Gasteiger partial charge is 0.323 e. The summed E-state index contributed by atoms with van der Waals surface area (Å²) in [6, 6.07) is 3.19. The van der Waals surface area contributed by atoms with Gasteiger partial charge in [0.25, 0.3) is 0 Å². The second-order valence-electron chi connectivity index (χ2n) is 5.29. The number of urea groups is 1. The van der Waals surface area contributed by atoms with Crippen LogP contribution >= 0.6 is 11.6 Å². The molecule has 2 aromatic rings. The molecule has 0 saturated carbocycles. The first-order valence-electron chi connectivity index (χ1n) is 7.41. The van der Waals surface area contributed by atoms with Gasteiger partial charge >= 0.3 is 6.03 Å². The molecule has 0 fully saturated rings. The summed E-state index contributed by atoms with van der Waals surface area (Å²) in [6.07, 6.45) is 1.31. The molecule has 9 heteroatoms. The second-order valence-corrected chi connectivity index (χ2v) is 5.65. The maximum atomic E-state index is 12.4. The van der Waals surface area contributed by atoms with Crippen LogP contribution in [-0.2, 0) is 13.1 Å². The van der Waals surface area contributed by atoms with Gasteiger partial charge in [0.1, 0.15) is 34.5 Å². The van der Waals surface area contributed by atoms with Crippen molar-refractivity contribution in [1.29, 1.82) is 0 Å². The molecule has 1 aliphatic rings. The summed E-state index contributed by atoms with van der Waals surface area (Å²) in [5, 5.41) is 3.02. The summed E-state index contributed by atoms with van der Waals surface area (Å²) >= 11 is 6.12. The number of methoxy groups -OCH3 is 3. The summed E-state index contributed by atoms with van der Waals surface area (Å²) in [7, 11) is 4.66. The van der Waals surface area contributed by atoms with Gasteiger partial charge in [0.05, 0.1) is 45.5 Å². The average molecular weight is 365 g/mol. The SMILES string of the molecule is COc1cc(OC)c(CN2Cc3c(Cl)ncnc3NC2=O)c(OC)c1. The Morgan fingerprint density at radius 2 is 1.84 bits per heavy atom. The highest BCUT2D eigenvalue weighted by molar-refractivity contribution is 6.30. The Kier molecular flexibility index (Phi) is 4.80. The van der Waals surface area contributed by atoms with E-state index in [1.54, 1.807) is 38.4 Å².